The number of hydrogen-bond donors (Lipinski definition) is 2. The predicted octanol–water partition coefficient (Wildman–Crippen LogP) is 0.885. The van der Waals surface area contributed by atoms with Crippen LogP contribution in [-0.4, -0.2) is 37.2 Å². The van der Waals surface area contributed by atoms with E-state index in [1.165, 1.54) is 0 Å². The van der Waals surface area contributed by atoms with Crippen molar-refractivity contribution in [3.05, 3.63) is 35.9 Å². The Balaban J connectivity index is 2.05. The van der Waals surface area contributed by atoms with Gasteiger partial charge >= 0.3 is 0 Å². The molecule has 0 saturated carbocycles. The minimum absolute atomic E-state index is 0.0328. The average Bonchev–Trinajstić information content (AvgIpc) is 2.61. The van der Waals surface area contributed by atoms with E-state index in [-0.39, 0.29) is 29.7 Å². The Morgan fingerprint density at radius 1 is 1.39 bits per heavy atom. The monoisotopic (exact) mass is 269 g/mol. The molecule has 1 aliphatic heterocycles. The second-order valence-electron chi connectivity index (χ2n) is 4.89. The Bertz CT molecular complexity index is 486. The van der Waals surface area contributed by atoms with Gasteiger partial charge < -0.3 is 10.4 Å². The molecular weight excluding hydrogens is 250 g/mol. The van der Waals surface area contributed by atoms with Crippen LogP contribution < -0.4 is 5.32 Å². The van der Waals surface area contributed by atoms with Crippen molar-refractivity contribution in [3.8, 4) is 0 Å². The normalized spacial score (nSPS) is 28.1. The summed E-state index contributed by atoms with van der Waals surface area (Å²) < 4.78 is 23.4. The lowest BCUT2D eigenvalue weighted by molar-refractivity contribution is 0.235. The zero-order valence-electron chi connectivity index (χ0n) is 10.4. The number of aliphatic hydroxyl groups excluding tert-OH is 1. The van der Waals surface area contributed by atoms with Crippen molar-refractivity contribution in [1.29, 1.82) is 0 Å². The van der Waals surface area contributed by atoms with Crippen molar-refractivity contribution >= 4 is 9.84 Å². The first-order valence-corrected chi connectivity index (χ1v) is 7.88. The standard InChI is InChI=1S/C13H19NO3S/c1-10-7-12(9-18(10,16)17)14-13(8-15)11-5-3-2-4-6-11/h2-6,10,12-15H,7-9H2,1H3. The van der Waals surface area contributed by atoms with Gasteiger partial charge in [-0.2, -0.15) is 0 Å². The lowest BCUT2D eigenvalue weighted by Gasteiger charge is -2.20. The summed E-state index contributed by atoms with van der Waals surface area (Å²) in [5.74, 6) is 0.164. The fourth-order valence-electron chi connectivity index (χ4n) is 2.40. The Kier molecular flexibility index (Phi) is 4.04. The van der Waals surface area contributed by atoms with E-state index in [1.807, 2.05) is 30.3 Å². The molecule has 18 heavy (non-hydrogen) atoms. The number of sulfone groups is 1. The van der Waals surface area contributed by atoms with Crippen LogP contribution in [0, 0.1) is 0 Å². The van der Waals surface area contributed by atoms with Crippen LogP contribution in [0.3, 0.4) is 0 Å². The van der Waals surface area contributed by atoms with E-state index in [0.29, 0.717) is 6.42 Å². The van der Waals surface area contributed by atoms with E-state index >= 15 is 0 Å². The topological polar surface area (TPSA) is 66.4 Å². The van der Waals surface area contributed by atoms with Gasteiger partial charge in [-0.3, -0.25) is 0 Å². The number of hydrogen-bond acceptors (Lipinski definition) is 4. The van der Waals surface area contributed by atoms with Crippen molar-refractivity contribution < 1.29 is 13.5 Å². The summed E-state index contributed by atoms with van der Waals surface area (Å²) in [6.45, 7) is 1.71. The maximum atomic E-state index is 11.7. The Morgan fingerprint density at radius 2 is 2.06 bits per heavy atom. The summed E-state index contributed by atoms with van der Waals surface area (Å²) in [4.78, 5) is 0. The van der Waals surface area contributed by atoms with Crippen LogP contribution in [0.1, 0.15) is 24.9 Å². The SMILES string of the molecule is CC1CC(NC(CO)c2ccccc2)CS1(=O)=O. The Hall–Kier alpha value is -0.910. The highest BCUT2D eigenvalue weighted by atomic mass is 32.2. The molecule has 3 atom stereocenters. The molecular formula is C13H19NO3S. The highest BCUT2D eigenvalue weighted by Gasteiger charge is 2.35. The molecule has 1 aliphatic rings. The van der Waals surface area contributed by atoms with Gasteiger partial charge in [-0.25, -0.2) is 8.42 Å². The predicted molar refractivity (Wildman–Crippen MR) is 71.1 cm³/mol. The number of benzene rings is 1. The van der Waals surface area contributed by atoms with Crippen LogP contribution in [0.2, 0.25) is 0 Å². The van der Waals surface area contributed by atoms with Gasteiger partial charge in [0.15, 0.2) is 9.84 Å². The van der Waals surface area contributed by atoms with Gasteiger partial charge in [-0.05, 0) is 18.9 Å². The quantitative estimate of drug-likeness (QED) is 0.852. The molecule has 1 aromatic carbocycles. The van der Waals surface area contributed by atoms with Crippen LogP contribution in [0.4, 0.5) is 0 Å². The third-order valence-electron chi connectivity index (χ3n) is 3.48. The molecule has 5 heteroatoms. The first-order valence-electron chi connectivity index (χ1n) is 6.16. The summed E-state index contributed by atoms with van der Waals surface area (Å²) in [5, 5.41) is 12.4. The van der Waals surface area contributed by atoms with E-state index in [4.69, 9.17) is 0 Å². The first-order chi connectivity index (χ1) is 8.53. The lowest BCUT2D eigenvalue weighted by atomic mass is 10.1. The number of rotatable bonds is 4. The summed E-state index contributed by atoms with van der Waals surface area (Å²) in [6, 6.07) is 9.34. The van der Waals surface area contributed by atoms with E-state index < -0.39 is 9.84 Å². The maximum absolute atomic E-state index is 11.7. The van der Waals surface area contributed by atoms with E-state index in [9.17, 15) is 13.5 Å². The molecule has 100 valence electrons. The highest BCUT2D eigenvalue weighted by molar-refractivity contribution is 7.92. The van der Waals surface area contributed by atoms with Crippen molar-refractivity contribution in [2.45, 2.75) is 30.7 Å². The smallest absolute Gasteiger partial charge is 0.154 e. The minimum Gasteiger partial charge on any atom is -0.394 e. The maximum Gasteiger partial charge on any atom is 0.154 e. The second kappa shape index (κ2) is 5.38. The molecule has 2 rings (SSSR count). The van der Waals surface area contributed by atoms with Crippen molar-refractivity contribution in [1.82, 2.24) is 5.32 Å². The van der Waals surface area contributed by atoms with Crippen LogP contribution in [0.25, 0.3) is 0 Å². The van der Waals surface area contributed by atoms with E-state index in [0.717, 1.165) is 5.56 Å². The summed E-state index contributed by atoms with van der Waals surface area (Å²) in [6.07, 6.45) is 0.617. The molecule has 1 aromatic rings. The molecule has 0 amide bonds. The average molecular weight is 269 g/mol. The van der Waals surface area contributed by atoms with Crippen LogP contribution in [-0.2, 0) is 9.84 Å². The third kappa shape index (κ3) is 2.91. The summed E-state index contributed by atoms with van der Waals surface area (Å²) in [5.41, 5.74) is 0.983. The summed E-state index contributed by atoms with van der Waals surface area (Å²) in [7, 11) is -2.95. The first kappa shape index (κ1) is 13.5. The molecule has 0 bridgehead atoms. The van der Waals surface area contributed by atoms with E-state index in [2.05, 4.69) is 5.32 Å². The molecule has 1 saturated heterocycles. The van der Waals surface area contributed by atoms with Crippen LogP contribution >= 0.6 is 0 Å². The van der Waals surface area contributed by atoms with Gasteiger partial charge in [0.25, 0.3) is 0 Å². The molecule has 0 radical (unpaired) electrons. The fourth-order valence-corrected chi connectivity index (χ4v) is 4.05. The largest absolute Gasteiger partial charge is 0.394 e. The zero-order chi connectivity index (χ0) is 13.2. The summed E-state index contributed by atoms with van der Waals surface area (Å²) >= 11 is 0. The second-order valence-corrected chi connectivity index (χ2v) is 7.35. The fraction of sp³-hybridized carbons (Fsp3) is 0.538. The van der Waals surface area contributed by atoms with Gasteiger partial charge in [0.05, 0.1) is 23.7 Å². The third-order valence-corrected chi connectivity index (χ3v) is 5.77. The lowest BCUT2D eigenvalue weighted by Crippen LogP contribution is -2.35. The number of nitrogens with one attached hydrogen (secondary N) is 1. The Morgan fingerprint density at radius 3 is 2.56 bits per heavy atom. The van der Waals surface area contributed by atoms with Gasteiger partial charge in [0, 0.05) is 6.04 Å². The molecule has 2 N–H and O–H groups in total. The van der Waals surface area contributed by atoms with Crippen LogP contribution in [0.15, 0.2) is 30.3 Å². The van der Waals surface area contributed by atoms with Gasteiger partial charge in [0.2, 0.25) is 0 Å². The molecule has 0 aliphatic carbocycles. The molecule has 3 unspecified atom stereocenters. The molecule has 0 aromatic heterocycles. The van der Waals surface area contributed by atoms with Gasteiger partial charge in [0.1, 0.15) is 0 Å². The minimum atomic E-state index is -2.95. The van der Waals surface area contributed by atoms with Gasteiger partial charge in [-0.1, -0.05) is 30.3 Å². The molecule has 1 fully saturated rings. The zero-order valence-corrected chi connectivity index (χ0v) is 11.2. The van der Waals surface area contributed by atoms with Crippen molar-refractivity contribution in [2.24, 2.45) is 0 Å². The van der Waals surface area contributed by atoms with Gasteiger partial charge in [-0.15, -0.1) is 0 Å². The Labute approximate surface area is 108 Å². The van der Waals surface area contributed by atoms with E-state index in [1.54, 1.807) is 6.92 Å². The molecule has 1 heterocycles. The van der Waals surface area contributed by atoms with Crippen molar-refractivity contribution in [2.75, 3.05) is 12.4 Å². The highest BCUT2D eigenvalue weighted by Crippen LogP contribution is 2.23. The van der Waals surface area contributed by atoms with Crippen LogP contribution in [0.5, 0.6) is 0 Å². The van der Waals surface area contributed by atoms with Crippen molar-refractivity contribution in [3.63, 3.8) is 0 Å². The number of aliphatic hydroxyl groups is 1. The molecule has 0 spiro atoms. The molecule has 4 nitrogen and oxygen atoms in total.